The Hall–Kier alpha value is -3.57. The molecule has 5 heteroatoms. The van der Waals surface area contributed by atoms with Crippen molar-refractivity contribution in [2.75, 3.05) is 0 Å². The van der Waals surface area contributed by atoms with Crippen LogP contribution in [0.15, 0.2) is 77.8 Å². The van der Waals surface area contributed by atoms with Crippen LogP contribution in [0, 0.1) is 19.7 Å². The minimum Gasteiger partial charge on any atom is -0.307 e. The summed E-state index contributed by atoms with van der Waals surface area (Å²) in [6.07, 6.45) is 3.13. The Labute approximate surface area is 199 Å². The summed E-state index contributed by atoms with van der Waals surface area (Å²) in [4.78, 5) is 5.33. The first-order valence-corrected chi connectivity index (χ1v) is 11.9. The lowest BCUT2D eigenvalue weighted by atomic mass is 10.0. The van der Waals surface area contributed by atoms with Crippen molar-refractivity contribution in [1.29, 1.82) is 0 Å². The van der Waals surface area contributed by atoms with Crippen LogP contribution >= 0.6 is 0 Å². The summed E-state index contributed by atoms with van der Waals surface area (Å²) in [5.41, 5.74) is 7.36. The standard InChI is InChI=1S/C29H27FN4/c1-18-15-23(16-19(2)27(18)30)34-29(26-24-14-13-22(31-24)17-25(26)33-34)32-28(20-9-5-3-6-10-20)21-11-7-4-8-12-21/h3-12,15-16,22,24,31H,13-14,17H2,1-2H3/t22-,24+/m0/s1. The van der Waals surface area contributed by atoms with Gasteiger partial charge in [-0.05, 0) is 49.9 Å². The maximum absolute atomic E-state index is 14.5. The molecular formula is C29H27FN4. The summed E-state index contributed by atoms with van der Waals surface area (Å²) in [6, 6.07) is 25.0. The van der Waals surface area contributed by atoms with Crippen molar-refractivity contribution in [1.82, 2.24) is 15.1 Å². The first-order valence-electron chi connectivity index (χ1n) is 11.9. The maximum Gasteiger partial charge on any atom is 0.161 e. The highest BCUT2D eigenvalue weighted by atomic mass is 19.1. The van der Waals surface area contributed by atoms with Crippen LogP contribution in [0.3, 0.4) is 0 Å². The third-order valence-corrected chi connectivity index (χ3v) is 6.98. The van der Waals surface area contributed by atoms with Gasteiger partial charge in [-0.25, -0.2) is 14.1 Å². The quantitative estimate of drug-likeness (QED) is 0.379. The zero-order valence-corrected chi connectivity index (χ0v) is 19.4. The monoisotopic (exact) mass is 450 g/mol. The summed E-state index contributed by atoms with van der Waals surface area (Å²) >= 11 is 0. The van der Waals surface area contributed by atoms with Crippen LogP contribution in [0.25, 0.3) is 5.69 Å². The molecule has 1 N–H and O–H groups in total. The molecule has 4 aromatic rings. The van der Waals surface area contributed by atoms with Crippen LogP contribution in [-0.4, -0.2) is 21.5 Å². The van der Waals surface area contributed by atoms with E-state index in [1.165, 1.54) is 5.56 Å². The van der Waals surface area contributed by atoms with Crippen LogP contribution in [0.1, 0.15) is 52.4 Å². The lowest BCUT2D eigenvalue weighted by molar-refractivity contribution is 0.511. The number of nitrogens with zero attached hydrogens (tertiary/aromatic N) is 3. The van der Waals surface area contributed by atoms with E-state index in [1.54, 1.807) is 13.8 Å². The lowest BCUT2D eigenvalue weighted by Gasteiger charge is -2.21. The van der Waals surface area contributed by atoms with Crippen molar-refractivity contribution in [3.8, 4) is 5.69 Å². The van der Waals surface area contributed by atoms with Crippen molar-refractivity contribution in [2.45, 2.75) is 45.2 Å². The normalized spacial score (nSPS) is 18.6. The SMILES string of the molecule is Cc1cc(-n2nc3c(c2N=C(c2ccccc2)c2ccccc2)[C@H]2CC[C@@H](C3)N2)cc(C)c1F. The molecule has 3 aromatic carbocycles. The van der Waals surface area contributed by atoms with Gasteiger partial charge in [0, 0.05) is 35.2 Å². The van der Waals surface area contributed by atoms with Gasteiger partial charge in [-0.1, -0.05) is 60.7 Å². The number of benzene rings is 3. The topological polar surface area (TPSA) is 42.2 Å². The Bertz CT molecular complexity index is 1320. The van der Waals surface area contributed by atoms with Gasteiger partial charge in [0.05, 0.1) is 17.1 Å². The molecule has 2 atom stereocenters. The molecule has 1 fully saturated rings. The second kappa shape index (κ2) is 8.33. The summed E-state index contributed by atoms with van der Waals surface area (Å²) in [6.45, 7) is 3.61. The van der Waals surface area contributed by atoms with Gasteiger partial charge in [0.2, 0.25) is 0 Å². The van der Waals surface area contributed by atoms with E-state index in [4.69, 9.17) is 10.1 Å². The summed E-state index contributed by atoms with van der Waals surface area (Å²) in [7, 11) is 0. The molecule has 0 spiro atoms. The van der Waals surface area contributed by atoms with E-state index >= 15 is 0 Å². The van der Waals surface area contributed by atoms with Crippen molar-refractivity contribution in [2.24, 2.45) is 4.99 Å². The average Bonchev–Trinajstić information content (AvgIpc) is 3.43. The molecule has 170 valence electrons. The molecule has 6 rings (SSSR count). The first kappa shape index (κ1) is 21.0. The molecular weight excluding hydrogens is 423 g/mol. The van der Waals surface area contributed by atoms with E-state index in [-0.39, 0.29) is 11.9 Å². The number of aryl methyl sites for hydroxylation is 2. The minimum absolute atomic E-state index is 0.166. The average molecular weight is 451 g/mol. The molecule has 0 aliphatic carbocycles. The molecule has 0 unspecified atom stereocenters. The Kier molecular flexibility index (Phi) is 5.15. The zero-order chi connectivity index (χ0) is 23.2. The number of rotatable bonds is 4. The predicted molar refractivity (Wildman–Crippen MR) is 134 cm³/mol. The van der Waals surface area contributed by atoms with Crippen LogP contribution in [0.4, 0.5) is 10.2 Å². The molecule has 0 saturated carbocycles. The van der Waals surface area contributed by atoms with E-state index in [0.717, 1.165) is 53.3 Å². The van der Waals surface area contributed by atoms with Crippen molar-refractivity contribution >= 4 is 11.5 Å². The van der Waals surface area contributed by atoms with E-state index < -0.39 is 0 Å². The van der Waals surface area contributed by atoms with Gasteiger partial charge in [0.25, 0.3) is 0 Å². The van der Waals surface area contributed by atoms with Gasteiger partial charge >= 0.3 is 0 Å². The second-order valence-electron chi connectivity index (χ2n) is 9.38. The van der Waals surface area contributed by atoms with E-state index in [1.807, 2.05) is 53.2 Å². The highest BCUT2D eigenvalue weighted by Gasteiger charge is 2.37. The fourth-order valence-electron chi connectivity index (χ4n) is 5.34. The minimum atomic E-state index is -0.166. The molecule has 4 nitrogen and oxygen atoms in total. The zero-order valence-electron chi connectivity index (χ0n) is 19.4. The largest absolute Gasteiger partial charge is 0.307 e. The van der Waals surface area contributed by atoms with E-state index in [9.17, 15) is 4.39 Å². The van der Waals surface area contributed by atoms with Gasteiger partial charge in [0.15, 0.2) is 5.82 Å². The predicted octanol–water partition coefficient (Wildman–Crippen LogP) is 6.15. The van der Waals surface area contributed by atoms with Crippen LogP contribution < -0.4 is 5.32 Å². The number of hydrogen-bond acceptors (Lipinski definition) is 3. The molecule has 1 saturated heterocycles. The summed E-state index contributed by atoms with van der Waals surface area (Å²) in [5.74, 6) is 0.668. The Morgan fingerprint density at radius 1 is 0.941 bits per heavy atom. The van der Waals surface area contributed by atoms with Crippen molar-refractivity contribution in [3.63, 3.8) is 0 Å². The summed E-state index contributed by atoms with van der Waals surface area (Å²) in [5, 5.41) is 8.81. The maximum atomic E-state index is 14.5. The molecule has 2 bridgehead atoms. The smallest absolute Gasteiger partial charge is 0.161 e. The Morgan fingerprint density at radius 2 is 1.56 bits per heavy atom. The van der Waals surface area contributed by atoms with Gasteiger partial charge in [-0.3, -0.25) is 0 Å². The second-order valence-corrected chi connectivity index (χ2v) is 9.38. The number of fused-ring (bicyclic) bond motifs is 4. The fraction of sp³-hybridized carbons (Fsp3) is 0.241. The molecule has 0 radical (unpaired) electrons. The Balaban J connectivity index is 1.62. The Morgan fingerprint density at radius 3 is 2.18 bits per heavy atom. The highest BCUT2D eigenvalue weighted by molar-refractivity contribution is 6.14. The highest BCUT2D eigenvalue weighted by Crippen LogP contribution is 2.42. The molecule has 2 aliphatic rings. The molecule has 1 aromatic heterocycles. The number of nitrogens with one attached hydrogen (secondary N) is 1. The number of hydrogen-bond donors (Lipinski definition) is 1. The van der Waals surface area contributed by atoms with Gasteiger partial charge < -0.3 is 5.32 Å². The van der Waals surface area contributed by atoms with Gasteiger partial charge in [0.1, 0.15) is 5.82 Å². The van der Waals surface area contributed by atoms with Gasteiger partial charge in [-0.15, -0.1) is 0 Å². The molecule has 3 heterocycles. The van der Waals surface area contributed by atoms with E-state index in [0.29, 0.717) is 17.2 Å². The van der Waals surface area contributed by atoms with E-state index in [2.05, 4.69) is 29.6 Å². The van der Waals surface area contributed by atoms with Crippen LogP contribution in [0.2, 0.25) is 0 Å². The molecule has 0 amide bonds. The fourth-order valence-corrected chi connectivity index (χ4v) is 5.34. The third kappa shape index (κ3) is 3.57. The number of halogens is 1. The van der Waals surface area contributed by atoms with Gasteiger partial charge in [-0.2, -0.15) is 5.10 Å². The molecule has 34 heavy (non-hydrogen) atoms. The first-order chi connectivity index (χ1) is 16.6. The van der Waals surface area contributed by atoms with Crippen molar-refractivity contribution in [3.05, 3.63) is 112 Å². The molecule has 2 aliphatic heterocycles. The van der Waals surface area contributed by atoms with Crippen LogP contribution in [-0.2, 0) is 6.42 Å². The van der Waals surface area contributed by atoms with Crippen LogP contribution in [0.5, 0.6) is 0 Å². The van der Waals surface area contributed by atoms with Crippen molar-refractivity contribution < 1.29 is 4.39 Å². The lowest BCUT2D eigenvalue weighted by Crippen LogP contribution is -2.31. The number of aliphatic imine (C=N–C) groups is 1. The third-order valence-electron chi connectivity index (χ3n) is 6.98. The number of aromatic nitrogens is 2. The summed E-state index contributed by atoms with van der Waals surface area (Å²) < 4.78 is 16.4.